The molecule has 3 aromatic rings. The van der Waals surface area contributed by atoms with Crippen LogP contribution in [0.3, 0.4) is 0 Å². The van der Waals surface area contributed by atoms with Crippen LogP contribution in [0.5, 0.6) is 5.75 Å². The summed E-state index contributed by atoms with van der Waals surface area (Å²) in [6.07, 6.45) is 1.60. The Balaban J connectivity index is 1.92. The molecule has 0 radical (unpaired) electrons. The maximum atomic E-state index is 12.6. The summed E-state index contributed by atoms with van der Waals surface area (Å²) in [5, 5.41) is 12.3. The lowest BCUT2D eigenvalue weighted by Crippen LogP contribution is -2.13. The highest BCUT2D eigenvalue weighted by Crippen LogP contribution is 2.22. The molecule has 0 bridgehead atoms. The molecule has 0 saturated carbocycles. The third-order valence-electron chi connectivity index (χ3n) is 4.37. The molecule has 0 saturated heterocycles. The van der Waals surface area contributed by atoms with E-state index in [1.807, 2.05) is 79.1 Å². The van der Waals surface area contributed by atoms with Crippen molar-refractivity contribution in [2.75, 3.05) is 12.4 Å². The van der Waals surface area contributed by atoms with Gasteiger partial charge in [-0.15, -0.1) is 0 Å². The molecule has 0 spiro atoms. The van der Waals surface area contributed by atoms with Gasteiger partial charge in [-0.3, -0.25) is 4.79 Å². The van der Waals surface area contributed by atoms with Crippen LogP contribution in [0.2, 0.25) is 0 Å². The van der Waals surface area contributed by atoms with E-state index in [1.54, 1.807) is 19.3 Å². The molecule has 5 nitrogen and oxygen atoms in total. The number of hydrogen-bond donors (Lipinski definition) is 1. The zero-order valence-corrected chi connectivity index (χ0v) is 16.1. The quantitative estimate of drug-likeness (QED) is 0.524. The number of carbonyl (C=O) groups is 1. The summed E-state index contributed by atoms with van der Waals surface area (Å²) in [6, 6.07) is 20.9. The summed E-state index contributed by atoms with van der Waals surface area (Å²) >= 11 is 0. The monoisotopic (exact) mass is 371 g/mol. The first-order chi connectivity index (χ1) is 13.5. The molecule has 0 aliphatic heterocycles. The number of aromatic nitrogens is 1. The second-order valence-electron chi connectivity index (χ2n) is 6.43. The van der Waals surface area contributed by atoms with E-state index in [0.29, 0.717) is 5.69 Å². The van der Waals surface area contributed by atoms with Crippen molar-refractivity contribution >= 4 is 17.7 Å². The van der Waals surface area contributed by atoms with Crippen LogP contribution in [0.4, 0.5) is 5.69 Å². The molecule has 0 fully saturated rings. The van der Waals surface area contributed by atoms with Crippen molar-refractivity contribution in [2.45, 2.75) is 13.8 Å². The van der Waals surface area contributed by atoms with Gasteiger partial charge < -0.3 is 14.6 Å². The van der Waals surface area contributed by atoms with E-state index < -0.39 is 5.91 Å². The van der Waals surface area contributed by atoms with Gasteiger partial charge in [0.15, 0.2) is 0 Å². The maximum absolute atomic E-state index is 12.6. The van der Waals surface area contributed by atoms with Crippen LogP contribution >= 0.6 is 0 Å². The minimum absolute atomic E-state index is 0.0365. The smallest absolute Gasteiger partial charge is 0.266 e. The van der Waals surface area contributed by atoms with E-state index in [0.717, 1.165) is 28.4 Å². The molecule has 28 heavy (non-hydrogen) atoms. The minimum Gasteiger partial charge on any atom is -0.497 e. The number of carbonyl (C=O) groups excluding carboxylic acids is 1. The van der Waals surface area contributed by atoms with Crippen LogP contribution in [-0.2, 0) is 4.79 Å². The fraction of sp³-hybridized carbons (Fsp3) is 0.130. The third kappa shape index (κ3) is 4.13. The molecule has 5 heteroatoms. The number of amides is 1. The SMILES string of the molecule is COc1ccc(-n2c(C)ccc2/C=C(/C#N)C(=O)Nc2cccc(C)c2)cc1. The van der Waals surface area contributed by atoms with Gasteiger partial charge in [-0.1, -0.05) is 12.1 Å². The van der Waals surface area contributed by atoms with E-state index >= 15 is 0 Å². The van der Waals surface area contributed by atoms with Crippen LogP contribution < -0.4 is 10.1 Å². The van der Waals surface area contributed by atoms with Crippen molar-refractivity contribution in [3.63, 3.8) is 0 Å². The number of nitrogens with zero attached hydrogens (tertiary/aromatic N) is 2. The molecule has 1 aromatic heterocycles. The van der Waals surface area contributed by atoms with Gasteiger partial charge in [0.05, 0.1) is 7.11 Å². The second-order valence-corrected chi connectivity index (χ2v) is 6.43. The van der Waals surface area contributed by atoms with Gasteiger partial charge in [-0.2, -0.15) is 5.26 Å². The Morgan fingerprint density at radius 1 is 1.11 bits per heavy atom. The highest BCUT2D eigenvalue weighted by molar-refractivity contribution is 6.09. The summed E-state index contributed by atoms with van der Waals surface area (Å²) in [4.78, 5) is 12.6. The number of anilines is 1. The van der Waals surface area contributed by atoms with Gasteiger partial charge in [0.2, 0.25) is 0 Å². The first-order valence-corrected chi connectivity index (χ1v) is 8.84. The van der Waals surface area contributed by atoms with E-state index in [1.165, 1.54) is 0 Å². The van der Waals surface area contributed by atoms with Gasteiger partial charge >= 0.3 is 0 Å². The predicted molar refractivity (Wildman–Crippen MR) is 110 cm³/mol. The maximum Gasteiger partial charge on any atom is 0.266 e. The molecular formula is C23H21N3O2. The number of nitrogens with one attached hydrogen (secondary N) is 1. The van der Waals surface area contributed by atoms with E-state index in [-0.39, 0.29) is 5.57 Å². The van der Waals surface area contributed by atoms with Crippen LogP contribution in [0, 0.1) is 25.2 Å². The number of hydrogen-bond acceptors (Lipinski definition) is 3. The Bertz CT molecular complexity index is 1070. The molecule has 1 N–H and O–H groups in total. The van der Waals surface area contributed by atoms with Crippen molar-refractivity contribution in [1.29, 1.82) is 5.26 Å². The highest BCUT2D eigenvalue weighted by atomic mass is 16.5. The summed E-state index contributed by atoms with van der Waals surface area (Å²) in [7, 11) is 1.62. The van der Waals surface area contributed by atoms with Crippen LogP contribution in [0.15, 0.2) is 66.2 Å². The molecule has 0 unspecified atom stereocenters. The number of aryl methyl sites for hydroxylation is 2. The summed E-state index contributed by atoms with van der Waals surface area (Å²) in [6.45, 7) is 3.92. The topological polar surface area (TPSA) is 67.0 Å². The van der Waals surface area contributed by atoms with E-state index in [4.69, 9.17) is 4.74 Å². The van der Waals surface area contributed by atoms with Crippen molar-refractivity contribution in [2.24, 2.45) is 0 Å². The van der Waals surface area contributed by atoms with E-state index in [9.17, 15) is 10.1 Å². The molecule has 0 aliphatic carbocycles. The molecule has 1 heterocycles. The van der Waals surface area contributed by atoms with Gasteiger partial charge in [0.25, 0.3) is 5.91 Å². The summed E-state index contributed by atoms with van der Waals surface area (Å²) in [5.74, 6) is 0.328. The summed E-state index contributed by atoms with van der Waals surface area (Å²) in [5.41, 5.74) is 4.39. The Hall–Kier alpha value is -3.78. The largest absolute Gasteiger partial charge is 0.497 e. The highest BCUT2D eigenvalue weighted by Gasteiger charge is 2.13. The lowest BCUT2D eigenvalue weighted by atomic mass is 10.2. The van der Waals surface area contributed by atoms with Crippen molar-refractivity contribution in [3.05, 3.63) is 83.2 Å². The molecule has 3 rings (SSSR count). The number of benzene rings is 2. The van der Waals surface area contributed by atoms with Gasteiger partial charge in [0, 0.05) is 22.8 Å². The minimum atomic E-state index is -0.437. The predicted octanol–water partition coefficient (Wildman–Crippen LogP) is 4.65. The van der Waals surface area contributed by atoms with Gasteiger partial charge in [-0.05, 0) is 74.0 Å². The average molecular weight is 371 g/mol. The van der Waals surface area contributed by atoms with Crippen molar-refractivity contribution < 1.29 is 9.53 Å². The average Bonchev–Trinajstić information content (AvgIpc) is 3.06. The van der Waals surface area contributed by atoms with Crippen molar-refractivity contribution in [3.8, 4) is 17.5 Å². The lowest BCUT2D eigenvalue weighted by molar-refractivity contribution is -0.112. The first kappa shape index (κ1) is 19.0. The number of rotatable bonds is 5. The van der Waals surface area contributed by atoms with Crippen molar-refractivity contribution in [1.82, 2.24) is 4.57 Å². The second kappa shape index (κ2) is 8.28. The molecule has 0 aliphatic rings. The first-order valence-electron chi connectivity index (χ1n) is 8.84. The fourth-order valence-electron chi connectivity index (χ4n) is 2.97. The number of methoxy groups -OCH3 is 1. The van der Waals surface area contributed by atoms with Crippen LogP contribution in [-0.4, -0.2) is 17.6 Å². The Morgan fingerprint density at radius 3 is 2.50 bits per heavy atom. The van der Waals surface area contributed by atoms with Gasteiger partial charge in [-0.25, -0.2) is 0 Å². The zero-order chi connectivity index (χ0) is 20.1. The fourth-order valence-corrected chi connectivity index (χ4v) is 2.97. The number of ether oxygens (including phenoxy) is 1. The molecular weight excluding hydrogens is 350 g/mol. The van der Waals surface area contributed by atoms with Crippen LogP contribution in [0.25, 0.3) is 11.8 Å². The Kier molecular flexibility index (Phi) is 5.61. The molecule has 140 valence electrons. The number of nitriles is 1. The van der Waals surface area contributed by atoms with Gasteiger partial charge in [0.1, 0.15) is 17.4 Å². The summed E-state index contributed by atoms with van der Waals surface area (Å²) < 4.78 is 7.19. The standard InChI is InChI=1S/C23H21N3O2/c1-16-5-4-6-19(13-16)25-23(27)18(15-24)14-21-8-7-17(2)26(21)20-9-11-22(28-3)12-10-20/h4-14H,1-3H3,(H,25,27)/b18-14-. The molecule has 2 aromatic carbocycles. The van der Waals surface area contributed by atoms with E-state index in [2.05, 4.69) is 5.32 Å². The Labute approximate surface area is 164 Å². The zero-order valence-electron chi connectivity index (χ0n) is 16.1. The lowest BCUT2D eigenvalue weighted by Gasteiger charge is -2.11. The van der Waals surface area contributed by atoms with Crippen LogP contribution in [0.1, 0.15) is 17.0 Å². The normalized spacial score (nSPS) is 11.0. The molecule has 1 amide bonds. The third-order valence-corrected chi connectivity index (χ3v) is 4.37. The Morgan fingerprint density at radius 2 is 1.86 bits per heavy atom. The molecule has 0 atom stereocenters.